The molecule has 2 heterocycles. The van der Waals surface area contributed by atoms with Crippen molar-refractivity contribution < 1.29 is 4.79 Å². The van der Waals surface area contributed by atoms with E-state index in [9.17, 15) is 4.79 Å². The number of nitrogens with one attached hydrogen (secondary N) is 2. The van der Waals surface area contributed by atoms with Crippen LogP contribution in [0.4, 0.5) is 0 Å². The Bertz CT molecular complexity index is 1200. The molecular weight excluding hydrogens is 350 g/mol. The highest BCUT2D eigenvalue weighted by Gasteiger charge is 2.10. The molecule has 1 amide bonds. The third kappa shape index (κ3) is 3.07. The van der Waals surface area contributed by atoms with Crippen molar-refractivity contribution in [3.63, 3.8) is 0 Å². The van der Waals surface area contributed by atoms with Crippen LogP contribution in [-0.4, -0.2) is 26.7 Å². The van der Waals surface area contributed by atoms with Gasteiger partial charge >= 0.3 is 0 Å². The Morgan fingerprint density at radius 2 is 2.14 bits per heavy atom. The number of rotatable bonds is 5. The highest BCUT2D eigenvalue weighted by Crippen LogP contribution is 2.21. The van der Waals surface area contributed by atoms with Crippen LogP contribution in [0.1, 0.15) is 41.2 Å². The fourth-order valence-electron chi connectivity index (χ4n) is 3.66. The minimum Gasteiger partial charge on any atom is -0.360 e. The Labute approximate surface area is 163 Å². The normalized spacial score (nSPS) is 11.7. The SMILES string of the molecule is CCc1cccc2c(C=NNC(=O)c3ccc4c(c3)nc(C)n4CC)c[nH]c12. The summed E-state index contributed by atoms with van der Waals surface area (Å²) < 4.78 is 2.12. The van der Waals surface area contributed by atoms with Crippen molar-refractivity contribution >= 4 is 34.1 Å². The number of hydrazone groups is 1. The van der Waals surface area contributed by atoms with Crippen molar-refractivity contribution in [3.05, 3.63) is 65.1 Å². The molecule has 0 aliphatic rings. The monoisotopic (exact) mass is 373 g/mol. The van der Waals surface area contributed by atoms with Gasteiger partial charge in [-0.15, -0.1) is 0 Å². The molecule has 0 aliphatic carbocycles. The quantitative estimate of drug-likeness (QED) is 0.407. The minimum absolute atomic E-state index is 0.254. The zero-order valence-electron chi connectivity index (χ0n) is 16.3. The second-order valence-electron chi connectivity index (χ2n) is 6.74. The zero-order chi connectivity index (χ0) is 19.7. The first-order valence-electron chi connectivity index (χ1n) is 9.51. The van der Waals surface area contributed by atoms with E-state index in [-0.39, 0.29) is 5.91 Å². The van der Waals surface area contributed by atoms with Crippen LogP contribution in [0.3, 0.4) is 0 Å². The topological polar surface area (TPSA) is 75.1 Å². The van der Waals surface area contributed by atoms with Gasteiger partial charge in [0.25, 0.3) is 5.91 Å². The molecule has 0 fully saturated rings. The molecule has 2 aromatic carbocycles. The Morgan fingerprint density at radius 1 is 1.29 bits per heavy atom. The van der Waals surface area contributed by atoms with E-state index in [0.717, 1.165) is 46.3 Å². The first kappa shape index (κ1) is 18.0. The molecule has 6 heteroatoms. The van der Waals surface area contributed by atoms with Crippen LogP contribution in [0.2, 0.25) is 0 Å². The molecule has 0 saturated carbocycles. The van der Waals surface area contributed by atoms with Gasteiger partial charge in [-0.05, 0) is 44.0 Å². The molecule has 0 bridgehead atoms. The maximum absolute atomic E-state index is 12.5. The number of hydrogen-bond donors (Lipinski definition) is 2. The molecule has 2 N–H and O–H groups in total. The fourth-order valence-corrected chi connectivity index (χ4v) is 3.66. The van der Waals surface area contributed by atoms with Gasteiger partial charge in [-0.2, -0.15) is 5.10 Å². The van der Waals surface area contributed by atoms with E-state index in [2.05, 4.69) is 51.0 Å². The largest absolute Gasteiger partial charge is 0.360 e. The highest BCUT2D eigenvalue weighted by atomic mass is 16.2. The standard InChI is InChI=1S/C22H23N5O/c1-4-15-7-6-8-18-17(12-23-21(15)18)13-24-26-22(28)16-9-10-20-19(11-16)25-14(3)27(20)5-2/h6-13,23H,4-5H2,1-3H3,(H,26,28). The van der Waals surface area contributed by atoms with Crippen LogP contribution >= 0.6 is 0 Å². The zero-order valence-corrected chi connectivity index (χ0v) is 16.3. The summed E-state index contributed by atoms with van der Waals surface area (Å²) in [7, 11) is 0. The van der Waals surface area contributed by atoms with Crippen molar-refractivity contribution in [1.82, 2.24) is 20.0 Å². The number of imidazole rings is 1. The van der Waals surface area contributed by atoms with Crippen molar-refractivity contribution in [1.29, 1.82) is 0 Å². The average Bonchev–Trinajstić information content (AvgIpc) is 3.26. The first-order chi connectivity index (χ1) is 13.6. The maximum Gasteiger partial charge on any atom is 0.271 e. The molecule has 4 rings (SSSR count). The molecule has 0 radical (unpaired) electrons. The highest BCUT2D eigenvalue weighted by molar-refractivity contribution is 6.01. The second kappa shape index (κ2) is 7.31. The summed E-state index contributed by atoms with van der Waals surface area (Å²) in [6.45, 7) is 7.03. The van der Waals surface area contributed by atoms with Crippen LogP contribution < -0.4 is 5.43 Å². The third-order valence-corrected chi connectivity index (χ3v) is 5.10. The van der Waals surface area contributed by atoms with Gasteiger partial charge in [0, 0.05) is 34.8 Å². The van der Waals surface area contributed by atoms with Crippen LogP contribution in [0.25, 0.3) is 21.9 Å². The van der Waals surface area contributed by atoms with Crippen molar-refractivity contribution in [3.8, 4) is 0 Å². The van der Waals surface area contributed by atoms with Gasteiger partial charge in [-0.25, -0.2) is 10.4 Å². The first-order valence-corrected chi connectivity index (χ1v) is 9.51. The number of carbonyl (C=O) groups is 1. The van der Waals surface area contributed by atoms with E-state index in [4.69, 9.17) is 0 Å². The minimum atomic E-state index is -0.254. The van der Waals surface area contributed by atoms with E-state index >= 15 is 0 Å². The summed E-state index contributed by atoms with van der Waals surface area (Å²) in [5.41, 5.74) is 8.32. The number of nitrogens with zero attached hydrogens (tertiary/aromatic N) is 3. The Balaban J connectivity index is 1.54. The van der Waals surface area contributed by atoms with Crippen molar-refractivity contribution in [2.24, 2.45) is 5.10 Å². The molecule has 0 aliphatic heterocycles. The van der Waals surface area contributed by atoms with Crippen molar-refractivity contribution in [2.75, 3.05) is 0 Å². The number of aromatic amines is 1. The fraction of sp³-hybridized carbons (Fsp3) is 0.227. The van der Waals surface area contributed by atoms with Crippen molar-refractivity contribution in [2.45, 2.75) is 33.7 Å². The molecule has 4 aromatic rings. The summed E-state index contributed by atoms with van der Waals surface area (Å²) >= 11 is 0. The van der Waals surface area contributed by atoms with Gasteiger partial charge in [-0.3, -0.25) is 4.79 Å². The molecule has 2 aromatic heterocycles. The molecular formula is C22H23N5O. The summed E-state index contributed by atoms with van der Waals surface area (Å²) in [6.07, 6.45) is 4.54. The van der Waals surface area contributed by atoms with E-state index in [1.807, 2.05) is 25.3 Å². The number of fused-ring (bicyclic) bond motifs is 2. The number of H-pyrrole nitrogens is 1. The smallest absolute Gasteiger partial charge is 0.271 e. The number of aryl methyl sites for hydroxylation is 3. The Hall–Kier alpha value is -3.41. The van der Waals surface area contributed by atoms with Gasteiger partial charge in [0.2, 0.25) is 0 Å². The van der Waals surface area contributed by atoms with Gasteiger partial charge in [0.15, 0.2) is 0 Å². The molecule has 142 valence electrons. The predicted octanol–water partition coefficient (Wildman–Crippen LogP) is 4.17. The van der Waals surface area contributed by atoms with Gasteiger partial charge in [-0.1, -0.05) is 25.1 Å². The lowest BCUT2D eigenvalue weighted by Gasteiger charge is -2.03. The van der Waals surface area contributed by atoms with Gasteiger partial charge in [0.05, 0.1) is 17.2 Å². The van der Waals surface area contributed by atoms with Crippen LogP contribution in [0.15, 0.2) is 47.7 Å². The maximum atomic E-state index is 12.5. The summed E-state index contributed by atoms with van der Waals surface area (Å²) in [5, 5.41) is 5.24. The summed E-state index contributed by atoms with van der Waals surface area (Å²) in [5.74, 6) is 0.690. The van der Waals surface area contributed by atoms with Crippen LogP contribution in [0.5, 0.6) is 0 Å². The number of hydrogen-bond acceptors (Lipinski definition) is 3. The second-order valence-corrected chi connectivity index (χ2v) is 6.74. The lowest BCUT2D eigenvalue weighted by Crippen LogP contribution is -2.17. The molecule has 0 saturated heterocycles. The van der Waals surface area contributed by atoms with E-state index in [1.165, 1.54) is 5.56 Å². The van der Waals surface area contributed by atoms with E-state index < -0.39 is 0 Å². The molecule has 0 atom stereocenters. The predicted molar refractivity (Wildman–Crippen MR) is 113 cm³/mol. The number of carbonyl (C=O) groups excluding carboxylic acids is 1. The van der Waals surface area contributed by atoms with E-state index in [0.29, 0.717) is 5.56 Å². The Kier molecular flexibility index (Phi) is 4.69. The molecule has 0 unspecified atom stereocenters. The van der Waals surface area contributed by atoms with E-state index in [1.54, 1.807) is 18.3 Å². The molecule has 6 nitrogen and oxygen atoms in total. The lowest BCUT2D eigenvalue weighted by molar-refractivity contribution is 0.0955. The van der Waals surface area contributed by atoms with Crippen LogP contribution in [-0.2, 0) is 13.0 Å². The molecule has 28 heavy (non-hydrogen) atoms. The van der Waals surface area contributed by atoms with Gasteiger partial charge < -0.3 is 9.55 Å². The van der Waals surface area contributed by atoms with Gasteiger partial charge in [0.1, 0.15) is 5.82 Å². The third-order valence-electron chi connectivity index (χ3n) is 5.10. The van der Waals surface area contributed by atoms with Crippen LogP contribution in [0, 0.1) is 6.92 Å². The number of amides is 1. The number of benzene rings is 2. The number of aromatic nitrogens is 3. The Morgan fingerprint density at radius 3 is 2.93 bits per heavy atom. The number of para-hydroxylation sites is 1. The summed E-state index contributed by atoms with van der Waals surface area (Å²) in [4.78, 5) is 20.3. The lowest BCUT2D eigenvalue weighted by atomic mass is 10.1. The average molecular weight is 373 g/mol. The summed E-state index contributed by atoms with van der Waals surface area (Å²) in [6, 6.07) is 11.7. The molecule has 0 spiro atoms.